The molecule has 28 heavy (non-hydrogen) atoms. The molecule has 0 unspecified atom stereocenters. The van der Waals surface area contributed by atoms with Crippen molar-refractivity contribution in [3.63, 3.8) is 0 Å². The Hall–Kier alpha value is -2.90. The van der Waals surface area contributed by atoms with E-state index in [1.807, 2.05) is 22.4 Å². The minimum atomic E-state index is -0.448. The standard InChI is InChI=1S/C15H18N8O3S2/c24-12(4-3-11-2-1-9-28-11)16-15(27)19-17-13(25)10-23-20-14(18-21-23)22-5-7-26-8-6-22/h1-4,9H,5-8,10H2,(H,17,25)(H2,16,19,24,27). The zero-order valence-corrected chi connectivity index (χ0v) is 16.3. The van der Waals surface area contributed by atoms with E-state index in [1.165, 1.54) is 22.2 Å². The number of nitrogens with zero attached hydrogens (tertiary/aromatic N) is 5. The van der Waals surface area contributed by atoms with Gasteiger partial charge in [0.25, 0.3) is 11.9 Å². The van der Waals surface area contributed by atoms with Crippen molar-refractivity contribution in [1.82, 2.24) is 36.4 Å². The molecule has 0 spiro atoms. The predicted molar refractivity (Wildman–Crippen MR) is 106 cm³/mol. The minimum absolute atomic E-state index is 0.0327. The maximum absolute atomic E-state index is 11.9. The second-order valence-corrected chi connectivity index (χ2v) is 6.95. The summed E-state index contributed by atoms with van der Waals surface area (Å²) in [5.41, 5.74) is 4.81. The van der Waals surface area contributed by atoms with Crippen LogP contribution in [0.1, 0.15) is 4.88 Å². The fraction of sp³-hybridized carbons (Fsp3) is 0.333. The fourth-order valence-corrected chi connectivity index (χ4v) is 2.98. The molecule has 0 aromatic carbocycles. The van der Waals surface area contributed by atoms with Crippen molar-refractivity contribution in [1.29, 1.82) is 0 Å². The molecule has 3 N–H and O–H groups in total. The SMILES string of the molecule is O=C(C=Cc1cccs1)NC(=S)NNC(=O)Cn1nnc(N2CCOCC2)n1. The van der Waals surface area contributed by atoms with E-state index >= 15 is 0 Å². The van der Waals surface area contributed by atoms with Crippen molar-refractivity contribution in [2.24, 2.45) is 0 Å². The minimum Gasteiger partial charge on any atom is -0.378 e. The summed E-state index contributed by atoms with van der Waals surface area (Å²) >= 11 is 6.47. The quantitative estimate of drug-likeness (QED) is 0.326. The molecule has 0 atom stereocenters. The largest absolute Gasteiger partial charge is 0.378 e. The summed E-state index contributed by atoms with van der Waals surface area (Å²) in [7, 11) is 0. The van der Waals surface area contributed by atoms with E-state index in [0.29, 0.717) is 32.3 Å². The molecule has 1 saturated heterocycles. The third kappa shape index (κ3) is 6.07. The van der Waals surface area contributed by atoms with E-state index in [9.17, 15) is 9.59 Å². The Morgan fingerprint density at radius 1 is 1.32 bits per heavy atom. The fourth-order valence-electron chi connectivity index (χ4n) is 2.21. The third-order valence-corrected chi connectivity index (χ3v) is 4.56. The van der Waals surface area contributed by atoms with Gasteiger partial charge in [-0.15, -0.1) is 16.4 Å². The van der Waals surface area contributed by atoms with Crippen LogP contribution in [0.25, 0.3) is 6.08 Å². The van der Waals surface area contributed by atoms with Gasteiger partial charge in [-0.3, -0.25) is 25.8 Å². The van der Waals surface area contributed by atoms with Crippen LogP contribution in [0.15, 0.2) is 23.6 Å². The van der Waals surface area contributed by atoms with Gasteiger partial charge in [-0.2, -0.15) is 4.80 Å². The molecule has 1 fully saturated rings. The number of thiocarbonyl (C=S) groups is 1. The Bertz CT molecular complexity index is 845. The molecule has 0 saturated carbocycles. The number of aromatic nitrogens is 4. The maximum Gasteiger partial charge on any atom is 0.266 e. The summed E-state index contributed by atoms with van der Waals surface area (Å²) in [6.07, 6.45) is 3.03. The molecule has 0 radical (unpaired) electrons. The van der Waals surface area contributed by atoms with Crippen molar-refractivity contribution in [3.05, 3.63) is 28.5 Å². The first-order valence-corrected chi connectivity index (χ1v) is 9.61. The van der Waals surface area contributed by atoms with E-state index < -0.39 is 11.8 Å². The number of hydrogen-bond acceptors (Lipinski definition) is 9. The van der Waals surface area contributed by atoms with E-state index in [0.717, 1.165) is 4.88 Å². The first-order chi connectivity index (χ1) is 13.6. The predicted octanol–water partition coefficient (Wildman–Crippen LogP) is -0.693. The summed E-state index contributed by atoms with van der Waals surface area (Å²) in [6.45, 7) is 2.40. The van der Waals surface area contributed by atoms with Gasteiger partial charge in [-0.25, -0.2) is 0 Å². The van der Waals surface area contributed by atoms with Crippen LogP contribution in [0.5, 0.6) is 0 Å². The zero-order chi connectivity index (χ0) is 19.8. The monoisotopic (exact) mass is 422 g/mol. The van der Waals surface area contributed by atoms with E-state index in [1.54, 1.807) is 6.08 Å². The van der Waals surface area contributed by atoms with E-state index in [4.69, 9.17) is 17.0 Å². The summed E-state index contributed by atoms with van der Waals surface area (Å²) in [6, 6.07) is 3.77. The Morgan fingerprint density at radius 2 is 2.14 bits per heavy atom. The molecule has 1 aliphatic rings. The molecule has 148 valence electrons. The number of nitrogens with one attached hydrogen (secondary N) is 3. The van der Waals surface area contributed by atoms with Crippen molar-refractivity contribution >= 4 is 52.5 Å². The normalized spacial score (nSPS) is 14.1. The van der Waals surface area contributed by atoms with Crippen LogP contribution in [0.4, 0.5) is 5.95 Å². The van der Waals surface area contributed by atoms with Gasteiger partial charge in [0.15, 0.2) is 5.11 Å². The molecule has 3 heterocycles. The topological polar surface area (TPSA) is 126 Å². The number of carbonyl (C=O) groups excluding carboxylic acids is 2. The van der Waals surface area contributed by atoms with E-state index in [-0.39, 0.29) is 11.7 Å². The molecule has 2 aromatic heterocycles. The van der Waals surface area contributed by atoms with E-state index in [2.05, 4.69) is 31.6 Å². The lowest BCUT2D eigenvalue weighted by Crippen LogP contribution is -2.49. The maximum atomic E-state index is 11.9. The van der Waals surface area contributed by atoms with Crippen LogP contribution in [-0.2, 0) is 20.9 Å². The van der Waals surface area contributed by atoms with Crippen LogP contribution in [0, 0.1) is 0 Å². The molecule has 2 amide bonds. The Kier molecular flexibility index (Phi) is 7.00. The Labute approximate surface area is 169 Å². The van der Waals surface area contributed by atoms with Gasteiger partial charge < -0.3 is 9.64 Å². The highest BCUT2D eigenvalue weighted by Gasteiger charge is 2.16. The third-order valence-electron chi connectivity index (χ3n) is 3.52. The number of tetrazole rings is 1. The second-order valence-electron chi connectivity index (χ2n) is 5.56. The van der Waals surface area contributed by atoms with Crippen LogP contribution in [-0.4, -0.2) is 63.4 Å². The molecular formula is C15H18N8O3S2. The van der Waals surface area contributed by atoms with Crippen LogP contribution >= 0.6 is 23.6 Å². The highest BCUT2D eigenvalue weighted by atomic mass is 32.1. The molecule has 0 bridgehead atoms. The Balaban J connectivity index is 1.38. The van der Waals surface area contributed by atoms with Gasteiger partial charge >= 0.3 is 0 Å². The summed E-state index contributed by atoms with van der Waals surface area (Å²) in [5.74, 6) is -0.408. The molecule has 0 aliphatic carbocycles. The van der Waals surface area contributed by atoms with Crippen molar-refractivity contribution in [2.75, 3.05) is 31.2 Å². The first kappa shape index (κ1) is 19.9. The average molecular weight is 422 g/mol. The van der Waals surface area contributed by atoms with Gasteiger partial charge in [0.05, 0.1) is 13.2 Å². The van der Waals surface area contributed by atoms with Crippen molar-refractivity contribution < 1.29 is 14.3 Å². The number of thiophene rings is 1. The lowest BCUT2D eigenvalue weighted by Gasteiger charge is -2.24. The summed E-state index contributed by atoms with van der Waals surface area (Å²) in [4.78, 5) is 27.8. The number of ether oxygens (including phenoxy) is 1. The second kappa shape index (κ2) is 9.87. The Morgan fingerprint density at radius 3 is 2.89 bits per heavy atom. The van der Waals surface area contributed by atoms with Gasteiger partial charge in [-0.1, -0.05) is 11.2 Å². The number of hydrogen-bond donors (Lipinski definition) is 3. The van der Waals surface area contributed by atoms with Crippen LogP contribution < -0.4 is 21.1 Å². The highest BCUT2D eigenvalue weighted by Crippen LogP contribution is 2.09. The number of amides is 2. The molecule has 1 aliphatic heterocycles. The molecule has 3 rings (SSSR count). The lowest BCUT2D eigenvalue weighted by molar-refractivity contribution is -0.122. The molecular weight excluding hydrogens is 404 g/mol. The first-order valence-electron chi connectivity index (χ1n) is 8.32. The molecule has 11 nitrogen and oxygen atoms in total. The average Bonchev–Trinajstić information content (AvgIpc) is 3.37. The number of hydrazine groups is 1. The smallest absolute Gasteiger partial charge is 0.266 e. The zero-order valence-electron chi connectivity index (χ0n) is 14.7. The van der Waals surface area contributed by atoms with Crippen molar-refractivity contribution in [3.8, 4) is 0 Å². The summed E-state index contributed by atoms with van der Waals surface area (Å²) < 4.78 is 5.27. The van der Waals surface area contributed by atoms with Crippen LogP contribution in [0.2, 0.25) is 0 Å². The summed E-state index contributed by atoms with van der Waals surface area (Å²) in [5, 5.41) is 16.2. The van der Waals surface area contributed by atoms with Crippen LogP contribution in [0.3, 0.4) is 0 Å². The number of anilines is 1. The number of rotatable bonds is 5. The molecule has 13 heteroatoms. The lowest BCUT2D eigenvalue weighted by atomic mass is 10.4. The van der Waals surface area contributed by atoms with Crippen molar-refractivity contribution in [2.45, 2.75) is 6.54 Å². The van der Waals surface area contributed by atoms with Gasteiger partial charge in [0, 0.05) is 24.0 Å². The number of morpholine rings is 1. The molecule has 2 aromatic rings. The van der Waals surface area contributed by atoms with Gasteiger partial charge in [0.2, 0.25) is 5.91 Å². The number of carbonyl (C=O) groups is 2. The van der Waals surface area contributed by atoms with Gasteiger partial charge in [0.1, 0.15) is 6.54 Å². The highest BCUT2D eigenvalue weighted by molar-refractivity contribution is 7.80. The van der Waals surface area contributed by atoms with Gasteiger partial charge in [-0.05, 0) is 35.0 Å².